The fourth-order valence-electron chi connectivity index (χ4n) is 1.69. The van der Waals surface area contributed by atoms with Crippen molar-refractivity contribution in [3.05, 3.63) is 23.8 Å². The summed E-state index contributed by atoms with van der Waals surface area (Å²) in [5.41, 5.74) is 7.14. The van der Waals surface area contributed by atoms with Crippen molar-refractivity contribution in [3.63, 3.8) is 0 Å². The Morgan fingerprint density at radius 1 is 1.38 bits per heavy atom. The van der Waals surface area contributed by atoms with Gasteiger partial charge in [-0.15, -0.1) is 0 Å². The van der Waals surface area contributed by atoms with Crippen LogP contribution >= 0.6 is 0 Å². The molecule has 1 aromatic rings. The van der Waals surface area contributed by atoms with E-state index in [0.29, 0.717) is 16.5 Å². The lowest BCUT2D eigenvalue weighted by atomic mass is 10.2. The molecule has 16 heavy (non-hydrogen) atoms. The average molecular weight is 239 g/mol. The highest BCUT2D eigenvalue weighted by molar-refractivity contribution is 7.91. The van der Waals surface area contributed by atoms with Gasteiger partial charge in [-0.1, -0.05) is 12.8 Å². The minimum Gasteiger partial charge on any atom is -0.399 e. The van der Waals surface area contributed by atoms with E-state index in [1.807, 2.05) is 6.92 Å². The van der Waals surface area contributed by atoms with Crippen LogP contribution in [0.4, 0.5) is 5.69 Å². The predicted octanol–water partition coefficient (Wildman–Crippen LogP) is 2.15. The largest absolute Gasteiger partial charge is 0.399 e. The van der Waals surface area contributed by atoms with Crippen LogP contribution in [-0.2, 0) is 9.84 Å². The van der Waals surface area contributed by atoms with Crippen LogP contribution in [0.15, 0.2) is 23.1 Å². The molecule has 0 bridgehead atoms. The minimum absolute atomic E-state index is 0.265. The highest BCUT2D eigenvalue weighted by Crippen LogP contribution is 2.33. The van der Waals surface area contributed by atoms with Gasteiger partial charge in [-0.05, 0) is 43.0 Å². The zero-order valence-corrected chi connectivity index (χ0v) is 10.3. The number of benzene rings is 1. The van der Waals surface area contributed by atoms with E-state index in [-0.39, 0.29) is 5.75 Å². The minimum atomic E-state index is -3.11. The first kappa shape index (κ1) is 11.5. The maximum atomic E-state index is 12.0. The predicted molar refractivity (Wildman–Crippen MR) is 65.0 cm³/mol. The van der Waals surface area contributed by atoms with E-state index >= 15 is 0 Å². The van der Waals surface area contributed by atoms with Crippen molar-refractivity contribution in [1.29, 1.82) is 0 Å². The summed E-state index contributed by atoms with van der Waals surface area (Å²) in [6, 6.07) is 4.93. The van der Waals surface area contributed by atoms with Crippen LogP contribution in [-0.4, -0.2) is 14.2 Å². The zero-order chi connectivity index (χ0) is 11.8. The number of nitrogens with two attached hydrogens (primary N) is 1. The number of hydrogen-bond acceptors (Lipinski definition) is 3. The molecule has 0 aromatic heterocycles. The third kappa shape index (κ3) is 2.55. The second kappa shape index (κ2) is 4.09. The lowest BCUT2D eigenvalue weighted by Crippen LogP contribution is -2.08. The molecule has 88 valence electrons. The van der Waals surface area contributed by atoms with Gasteiger partial charge < -0.3 is 5.73 Å². The average Bonchev–Trinajstić information content (AvgIpc) is 3.03. The first-order chi connectivity index (χ1) is 7.49. The van der Waals surface area contributed by atoms with E-state index in [1.54, 1.807) is 18.2 Å². The van der Waals surface area contributed by atoms with Crippen molar-refractivity contribution in [3.8, 4) is 0 Å². The number of sulfone groups is 1. The molecule has 2 N–H and O–H groups in total. The van der Waals surface area contributed by atoms with Crippen molar-refractivity contribution in [2.75, 3.05) is 11.5 Å². The Kier molecular flexibility index (Phi) is 2.93. The van der Waals surface area contributed by atoms with Crippen molar-refractivity contribution in [2.45, 2.75) is 31.1 Å². The second-order valence-electron chi connectivity index (χ2n) is 4.57. The molecule has 1 saturated carbocycles. The number of aryl methyl sites for hydroxylation is 1. The molecule has 4 heteroatoms. The van der Waals surface area contributed by atoms with Crippen molar-refractivity contribution in [1.82, 2.24) is 0 Å². The standard InChI is InChI=1S/C12H17NO2S/c1-9-8-11(4-5-12(9)13)16(14,15)7-6-10-2-3-10/h4-5,8,10H,2-3,6-7,13H2,1H3. The molecule has 0 unspecified atom stereocenters. The second-order valence-corrected chi connectivity index (χ2v) is 6.68. The number of hydrogen-bond donors (Lipinski definition) is 1. The molecule has 1 fully saturated rings. The molecule has 3 nitrogen and oxygen atoms in total. The molecule has 0 saturated heterocycles. The molecule has 2 rings (SSSR count). The quantitative estimate of drug-likeness (QED) is 0.819. The van der Waals surface area contributed by atoms with Gasteiger partial charge in [0.2, 0.25) is 0 Å². The van der Waals surface area contributed by atoms with Crippen LogP contribution in [0, 0.1) is 12.8 Å². The molecular weight excluding hydrogens is 222 g/mol. The number of rotatable bonds is 4. The summed E-state index contributed by atoms with van der Waals surface area (Å²) in [6.07, 6.45) is 3.18. The molecule has 0 spiro atoms. The van der Waals surface area contributed by atoms with E-state index in [1.165, 1.54) is 12.8 Å². The van der Waals surface area contributed by atoms with Gasteiger partial charge in [-0.2, -0.15) is 0 Å². The Bertz CT molecular complexity index is 490. The van der Waals surface area contributed by atoms with Gasteiger partial charge in [0.25, 0.3) is 0 Å². The molecule has 1 aromatic carbocycles. The summed E-state index contributed by atoms with van der Waals surface area (Å²) in [5, 5.41) is 0. The monoisotopic (exact) mass is 239 g/mol. The van der Waals surface area contributed by atoms with Crippen LogP contribution in [0.5, 0.6) is 0 Å². The Balaban J connectivity index is 2.17. The topological polar surface area (TPSA) is 60.2 Å². The van der Waals surface area contributed by atoms with E-state index in [2.05, 4.69) is 0 Å². The first-order valence-corrected chi connectivity index (χ1v) is 7.23. The van der Waals surface area contributed by atoms with Gasteiger partial charge in [0.05, 0.1) is 10.6 Å². The van der Waals surface area contributed by atoms with Crippen molar-refractivity contribution < 1.29 is 8.42 Å². The van der Waals surface area contributed by atoms with Crippen LogP contribution in [0.1, 0.15) is 24.8 Å². The Morgan fingerprint density at radius 3 is 2.62 bits per heavy atom. The van der Waals surface area contributed by atoms with Gasteiger partial charge in [-0.25, -0.2) is 8.42 Å². The summed E-state index contributed by atoms with van der Waals surface area (Å²) in [6.45, 7) is 1.83. The van der Waals surface area contributed by atoms with E-state index in [0.717, 1.165) is 12.0 Å². The molecule has 0 aliphatic heterocycles. The van der Waals surface area contributed by atoms with Gasteiger partial charge in [0, 0.05) is 5.69 Å². The van der Waals surface area contributed by atoms with Crippen molar-refractivity contribution in [2.24, 2.45) is 5.92 Å². The third-order valence-corrected chi connectivity index (χ3v) is 4.84. The molecule has 0 radical (unpaired) electrons. The smallest absolute Gasteiger partial charge is 0.178 e. The SMILES string of the molecule is Cc1cc(S(=O)(=O)CCC2CC2)ccc1N. The number of nitrogen functional groups attached to an aromatic ring is 1. The Morgan fingerprint density at radius 2 is 2.06 bits per heavy atom. The maximum Gasteiger partial charge on any atom is 0.178 e. The normalized spacial score (nSPS) is 16.3. The molecule has 1 aliphatic carbocycles. The summed E-state index contributed by atoms with van der Waals surface area (Å²) in [7, 11) is -3.11. The maximum absolute atomic E-state index is 12.0. The third-order valence-electron chi connectivity index (χ3n) is 3.09. The fourth-order valence-corrected chi connectivity index (χ4v) is 3.20. The summed E-state index contributed by atoms with van der Waals surface area (Å²) < 4.78 is 24.0. The Labute approximate surface area is 96.6 Å². The molecule has 0 amide bonds. The summed E-state index contributed by atoms with van der Waals surface area (Å²) in [5.74, 6) is 0.908. The number of anilines is 1. The van der Waals surface area contributed by atoms with Gasteiger partial charge in [-0.3, -0.25) is 0 Å². The van der Waals surface area contributed by atoms with E-state index < -0.39 is 9.84 Å². The Hall–Kier alpha value is -1.03. The molecule has 1 aliphatic rings. The highest BCUT2D eigenvalue weighted by atomic mass is 32.2. The molecule has 0 atom stereocenters. The van der Waals surface area contributed by atoms with Crippen LogP contribution in [0.3, 0.4) is 0 Å². The summed E-state index contributed by atoms with van der Waals surface area (Å²) >= 11 is 0. The molecular formula is C12H17NO2S. The van der Waals surface area contributed by atoms with Crippen LogP contribution < -0.4 is 5.73 Å². The highest BCUT2D eigenvalue weighted by Gasteiger charge is 2.24. The molecule has 0 heterocycles. The van der Waals surface area contributed by atoms with Crippen LogP contribution in [0.25, 0.3) is 0 Å². The van der Waals surface area contributed by atoms with Crippen LogP contribution in [0.2, 0.25) is 0 Å². The zero-order valence-electron chi connectivity index (χ0n) is 9.44. The van der Waals surface area contributed by atoms with Gasteiger partial charge in [0.1, 0.15) is 0 Å². The lowest BCUT2D eigenvalue weighted by Gasteiger charge is -2.06. The fraction of sp³-hybridized carbons (Fsp3) is 0.500. The van der Waals surface area contributed by atoms with E-state index in [9.17, 15) is 8.42 Å². The summed E-state index contributed by atoms with van der Waals surface area (Å²) in [4.78, 5) is 0.403. The van der Waals surface area contributed by atoms with E-state index in [4.69, 9.17) is 5.73 Å². The van der Waals surface area contributed by atoms with Gasteiger partial charge >= 0.3 is 0 Å². The first-order valence-electron chi connectivity index (χ1n) is 5.58. The van der Waals surface area contributed by atoms with Gasteiger partial charge in [0.15, 0.2) is 9.84 Å². The van der Waals surface area contributed by atoms with Crippen molar-refractivity contribution >= 4 is 15.5 Å². The lowest BCUT2D eigenvalue weighted by molar-refractivity contribution is 0.590.